The van der Waals surface area contributed by atoms with Crippen LogP contribution in [0.15, 0.2) is 303 Å². The molecule has 15 atom stereocenters. The van der Waals surface area contributed by atoms with Crippen LogP contribution in [0.5, 0.6) is 0 Å². The van der Waals surface area contributed by atoms with Crippen molar-refractivity contribution in [3.63, 3.8) is 0 Å². The summed E-state index contributed by atoms with van der Waals surface area (Å²) < 4.78 is 109. The van der Waals surface area contributed by atoms with Crippen LogP contribution in [0.1, 0.15) is 62.6 Å². The van der Waals surface area contributed by atoms with Gasteiger partial charge in [-0.2, -0.15) is 0 Å². The van der Waals surface area contributed by atoms with E-state index in [0.29, 0.717) is 0 Å². The number of hydrogen-bond donors (Lipinski definition) is 1. The number of benzene rings is 10. The van der Waals surface area contributed by atoms with Gasteiger partial charge < -0.3 is 76.4 Å². The molecule has 0 aliphatic carbocycles. The van der Waals surface area contributed by atoms with E-state index in [0.717, 1.165) is 55.6 Å². The minimum Gasteiger partial charge on any atom is -0.374 e. The monoisotopic (exact) mass is 1450 g/mol. The molecule has 10 aromatic rings. The fourth-order valence-electron chi connectivity index (χ4n) is 13.5. The quantitative estimate of drug-likeness (QED) is 0.0388. The van der Waals surface area contributed by atoms with Gasteiger partial charge in [-0.25, -0.2) is 0 Å². The smallest absolute Gasteiger partial charge is 0.217 e. The molecule has 3 fully saturated rings. The molecule has 0 saturated carbocycles. The molecule has 17 heteroatoms. The highest BCUT2D eigenvalue weighted by Crippen LogP contribution is 2.40. The number of ether oxygens (including phenoxy) is 15. The molecular formula is C90H95NO16. The van der Waals surface area contributed by atoms with Gasteiger partial charge in [0.25, 0.3) is 0 Å². The van der Waals surface area contributed by atoms with E-state index in [1.165, 1.54) is 6.92 Å². The average molecular weight is 1450 g/mol. The summed E-state index contributed by atoms with van der Waals surface area (Å²) in [7, 11) is 0. The topological polar surface area (TPSA) is 168 Å². The Morgan fingerprint density at radius 1 is 0.252 bits per heavy atom. The predicted octanol–water partition coefficient (Wildman–Crippen LogP) is 14.8. The second-order valence-corrected chi connectivity index (χ2v) is 26.9. The van der Waals surface area contributed by atoms with Crippen molar-refractivity contribution in [3.8, 4) is 0 Å². The molecule has 3 aliphatic heterocycles. The van der Waals surface area contributed by atoms with E-state index in [4.69, 9.17) is 71.1 Å². The molecule has 3 saturated heterocycles. The molecule has 107 heavy (non-hydrogen) atoms. The van der Waals surface area contributed by atoms with E-state index >= 15 is 0 Å². The maximum atomic E-state index is 13.8. The van der Waals surface area contributed by atoms with Gasteiger partial charge in [0.2, 0.25) is 5.91 Å². The number of carbonyl (C=O) groups excluding carboxylic acids is 1. The van der Waals surface area contributed by atoms with Gasteiger partial charge in [0.1, 0.15) is 73.2 Å². The predicted molar refractivity (Wildman–Crippen MR) is 403 cm³/mol. The first-order chi connectivity index (χ1) is 52.9. The van der Waals surface area contributed by atoms with Gasteiger partial charge in [-0.15, -0.1) is 0 Å². The Morgan fingerprint density at radius 3 is 0.757 bits per heavy atom. The zero-order chi connectivity index (χ0) is 72.9. The fraction of sp³-hybridized carbons (Fsp3) is 0.322. The molecule has 556 valence electrons. The third-order valence-corrected chi connectivity index (χ3v) is 18.9. The molecule has 10 aromatic carbocycles. The fourth-order valence-corrected chi connectivity index (χ4v) is 13.5. The Kier molecular flexibility index (Phi) is 29.1. The van der Waals surface area contributed by atoms with Gasteiger partial charge in [-0.05, 0) is 55.6 Å². The van der Waals surface area contributed by atoms with E-state index in [1.807, 2.05) is 303 Å². The summed E-state index contributed by atoms with van der Waals surface area (Å²) in [4.78, 5) is 13.8. The van der Waals surface area contributed by atoms with Crippen molar-refractivity contribution in [1.29, 1.82) is 0 Å². The van der Waals surface area contributed by atoms with E-state index in [2.05, 4.69) is 5.32 Å². The molecule has 0 bridgehead atoms. The SMILES string of the molecule is CC(=O)N[C@H]1[C@H](OCc2ccccc2)O[C@H](COCc2ccccc2)[C@@H](O[C@H]2O[C@@H](COCc3ccccc3)[C@@H](O[C@H]3O[C@@H](COCc4ccccc4)[C@H](OCc4ccccc4)[C@H](OCc4ccccc4)[C@@H]3OCc3ccccc3)[C@H](OCc3ccccc3)[C@@H]2OCc2ccccc2)[C@@H]1OCc1ccccc1. The molecule has 0 radical (unpaired) electrons. The molecule has 1 N–H and O–H groups in total. The first-order valence-electron chi connectivity index (χ1n) is 36.9. The summed E-state index contributed by atoms with van der Waals surface area (Å²) in [6, 6.07) is 98.5. The number of hydrogen-bond acceptors (Lipinski definition) is 16. The van der Waals surface area contributed by atoms with Crippen LogP contribution in [0.25, 0.3) is 0 Å². The van der Waals surface area contributed by atoms with Crippen molar-refractivity contribution in [1.82, 2.24) is 5.32 Å². The van der Waals surface area contributed by atoms with Crippen LogP contribution in [0.2, 0.25) is 0 Å². The number of rotatable bonds is 38. The highest BCUT2D eigenvalue weighted by atomic mass is 16.8. The second kappa shape index (κ2) is 40.9. The zero-order valence-corrected chi connectivity index (χ0v) is 60.3. The highest BCUT2D eigenvalue weighted by Gasteiger charge is 2.57. The Balaban J connectivity index is 0.937. The standard InChI is InChI=1S/C90H95NO16/c1-65(92)91-79-83(97-56-70-40-20-6-21-41-70)81(77(63-94-53-67-34-14-3-15-35-67)103-88(79)102-61-75-50-30-11-31-51-75)106-90-87(101-60-74-48-28-10-29-49-74)85(99-58-72-44-24-8-25-45-72)82(78(105-90)64-95-54-68-36-16-4-17-37-68)107-89-86(100-59-73-46-26-9-27-47-73)84(98-57-71-42-22-7-23-43-71)80(96-55-69-38-18-5-19-39-69)76(104-89)62-93-52-66-32-12-2-13-33-66/h2-51,76-90H,52-64H2,1H3,(H,91,92)/t76-,77+,78-,79+,80-,81+,82+,83+,84-,85-,86-,87-,88+,89+,90+/m0/s1. The summed E-state index contributed by atoms with van der Waals surface area (Å²) in [5, 5.41) is 3.20. The lowest BCUT2D eigenvalue weighted by Crippen LogP contribution is -2.69. The van der Waals surface area contributed by atoms with Gasteiger partial charge >= 0.3 is 0 Å². The Bertz CT molecular complexity index is 4100. The normalized spacial score (nSPS) is 24.3. The zero-order valence-electron chi connectivity index (χ0n) is 60.3. The first kappa shape index (κ1) is 76.3. The van der Waals surface area contributed by atoms with Crippen LogP contribution < -0.4 is 5.32 Å². The summed E-state index contributed by atoms with van der Waals surface area (Å²) in [6.45, 7) is 3.14. The number of amides is 1. The van der Waals surface area contributed by atoms with E-state index in [9.17, 15) is 4.79 Å². The Labute approximate surface area is 627 Å². The van der Waals surface area contributed by atoms with E-state index < -0.39 is 92.1 Å². The molecule has 13 rings (SSSR count). The van der Waals surface area contributed by atoms with E-state index in [-0.39, 0.29) is 91.8 Å². The summed E-state index contributed by atoms with van der Waals surface area (Å²) in [6.07, 6.45) is -14.6. The molecule has 0 unspecified atom stereocenters. The van der Waals surface area contributed by atoms with Gasteiger partial charge in [0.05, 0.1) is 85.9 Å². The first-order valence-corrected chi connectivity index (χ1v) is 36.9. The maximum absolute atomic E-state index is 13.8. The Morgan fingerprint density at radius 2 is 0.467 bits per heavy atom. The lowest BCUT2D eigenvalue weighted by Gasteiger charge is -2.52. The van der Waals surface area contributed by atoms with Crippen LogP contribution >= 0.6 is 0 Å². The van der Waals surface area contributed by atoms with Crippen molar-refractivity contribution < 1.29 is 75.8 Å². The molecule has 1 amide bonds. The number of carbonyl (C=O) groups is 1. The van der Waals surface area contributed by atoms with Crippen LogP contribution in [0.4, 0.5) is 0 Å². The van der Waals surface area contributed by atoms with Crippen molar-refractivity contribution in [2.24, 2.45) is 0 Å². The third kappa shape index (κ3) is 22.8. The third-order valence-electron chi connectivity index (χ3n) is 18.9. The van der Waals surface area contributed by atoms with Crippen LogP contribution in [0.3, 0.4) is 0 Å². The minimum atomic E-state index is -1.34. The molecule has 17 nitrogen and oxygen atoms in total. The average Bonchev–Trinajstić information content (AvgIpc) is 0.764. The summed E-state index contributed by atoms with van der Waals surface area (Å²) in [5.41, 5.74) is 9.18. The van der Waals surface area contributed by atoms with Crippen molar-refractivity contribution in [2.45, 2.75) is 165 Å². The highest BCUT2D eigenvalue weighted by molar-refractivity contribution is 5.73. The van der Waals surface area contributed by atoms with Crippen molar-refractivity contribution >= 4 is 5.91 Å². The second-order valence-electron chi connectivity index (χ2n) is 26.9. The molecule has 0 aromatic heterocycles. The van der Waals surface area contributed by atoms with E-state index in [1.54, 1.807) is 0 Å². The summed E-state index contributed by atoms with van der Waals surface area (Å²) >= 11 is 0. The van der Waals surface area contributed by atoms with Crippen LogP contribution in [0, 0.1) is 0 Å². The Hall–Kier alpha value is -8.93. The molecule has 3 heterocycles. The molecule has 0 spiro atoms. The summed E-state index contributed by atoms with van der Waals surface area (Å²) in [5.74, 6) is -0.344. The molecule has 3 aliphatic rings. The van der Waals surface area contributed by atoms with Gasteiger partial charge in [0.15, 0.2) is 18.9 Å². The van der Waals surface area contributed by atoms with Crippen LogP contribution in [-0.2, 0) is 142 Å². The van der Waals surface area contributed by atoms with Crippen molar-refractivity contribution in [2.75, 3.05) is 19.8 Å². The van der Waals surface area contributed by atoms with Gasteiger partial charge in [0, 0.05) is 6.92 Å². The number of nitrogens with one attached hydrogen (secondary N) is 1. The minimum absolute atomic E-state index is 0.0164. The lowest BCUT2D eigenvalue weighted by atomic mass is 9.94. The van der Waals surface area contributed by atoms with Crippen molar-refractivity contribution in [3.05, 3.63) is 359 Å². The van der Waals surface area contributed by atoms with Gasteiger partial charge in [-0.1, -0.05) is 303 Å². The van der Waals surface area contributed by atoms with Crippen LogP contribution in [-0.4, -0.2) is 118 Å². The lowest BCUT2D eigenvalue weighted by molar-refractivity contribution is -0.390. The van der Waals surface area contributed by atoms with Gasteiger partial charge in [-0.3, -0.25) is 4.79 Å². The maximum Gasteiger partial charge on any atom is 0.217 e. The molecular weight excluding hydrogens is 1350 g/mol. The largest absolute Gasteiger partial charge is 0.374 e.